The molecule has 1 aliphatic rings. The van der Waals surface area contributed by atoms with Crippen LogP contribution in [0.15, 0.2) is 89.5 Å². The molecule has 0 aliphatic heterocycles. The Morgan fingerprint density at radius 2 is 1.74 bits per heavy atom. The van der Waals surface area contributed by atoms with Gasteiger partial charge in [-0.3, -0.25) is 9.35 Å². The summed E-state index contributed by atoms with van der Waals surface area (Å²) >= 11 is 6.66. The predicted octanol–water partition coefficient (Wildman–Crippen LogP) is 4.81. The van der Waals surface area contributed by atoms with Crippen molar-refractivity contribution < 1.29 is 17.8 Å². The molecule has 0 bridgehead atoms. The molecule has 6 nitrogen and oxygen atoms in total. The summed E-state index contributed by atoms with van der Waals surface area (Å²) < 4.78 is 34.6. The molecule has 2 N–H and O–H groups in total. The molecule has 8 heteroatoms. The van der Waals surface area contributed by atoms with Gasteiger partial charge in [0.05, 0.1) is 22.0 Å². The van der Waals surface area contributed by atoms with Gasteiger partial charge in [-0.05, 0) is 31.2 Å². The zero-order valence-electron chi connectivity index (χ0n) is 16.5. The van der Waals surface area contributed by atoms with E-state index in [1.165, 1.54) is 13.0 Å². The number of carbonyl (C=O) groups is 1. The van der Waals surface area contributed by atoms with Crippen molar-refractivity contribution in [3.8, 4) is 0 Å². The Balaban J connectivity index is 1.76. The van der Waals surface area contributed by atoms with E-state index in [2.05, 4.69) is 10.3 Å². The van der Waals surface area contributed by atoms with Crippen molar-refractivity contribution in [1.29, 1.82) is 0 Å². The maximum absolute atomic E-state index is 13.0. The largest absolute Gasteiger partial charge is 0.339 e. The minimum absolute atomic E-state index is 0.0555. The van der Waals surface area contributed by atoms with Crippen LogP contribution < -0.4 is 5.32 Å². The molecule has 0 fully saturated rings. The Kier molecular flexibility index (Phi) is 5.43. The second-order valence-electron chi connectivity index (χ2n) is 7.37. The number of halogens is 1. The molecule has 4 rings (SSSR count). The fourth-order valence-electron chi connectivity index (χ4n) is 3.73. The van der Waals surface area contributed by atoms with Gasteiger partial charge in [-0.2, -0.15) is 8.42 Å². The van der Waals surface area contributed by atoms with Crippen molar-refractivity contribution in [1.82, 2.24) is 4.98 Å². The number of ketones is 1. The van der Waals surface area contributed by atoms with E-state index in [4.69, 9.17) is 11.6 Å². The Bertz CT molecular complexity index is 1330. The molecule has 1 aromatic heterocycles. The molecule has 1 heterocycles. The molecule has 0 amide bonds. The second-order valence-corrected chi connectivity index (χ2v) is 9.52. The van der Waals surface area contributed by atoms with Crippen LogP contribution in [0.3, 0.4) is 0 Å². The van der Waals surface area contributed by atoms with Gasteiger partial charge in [0.1, 0.15) is 10.7 Å². The number of nitrogens with zero attached hydrogens (tertiary/aromatic N) is 1. The van der Waals surface area contributed by atoms with Crippen LogP contribution in [0.2, 0.25) is 0 Å². The van der Waals surface area contributed by atoms with Gasteiger partial charge < -0.3 is 5.32 Å². The first kappa shape index (κ1) is 21.2. The van der Waals surface area contributed by atoms with Crippen molar-refractivity contribution in [2.24, 2.45) is 5.92 Å². The normalized spacial score (nSPS) is 21.3. The zero-order chi connectivity index (χ0) is 22.2. The molecule has 1 aliphatic carbocycles. The third-order valence-electron chi connectivity index (χ3n) is 5.19. The maximum atomic E-state index is 13.0. The summed E-state index contributed by atoms with van der Waals surface area (Å²) in [6.45, 7) is 1.40. The van der Waals surface area contributed by atoms with Crippen molar-refractivity contribution in [2.75, 3.05) is 5.32 Å². The van der Waals surface area contributed by atoms with E-state index < -0.39 is 25.8 Å². The highest BCUT2D eigenvalue weighted by Gasteiger charge is 2.47. The molecule has 2 aromatic carbocycles. The summed E-state index contributed by atoms with van der Waals surface area (Å²) in [5.74, 6) is -0.971. The Labute approximate surface area is 185 Å². The van der Waals surface area contributed by atoms with Crippen LogP contribution in [0, 0.1) is 5.92 Å². The Morgan fingerprint density at radius 3 is 2.45 bits per heavy atom. The number of aromatic nitrogens is 1. The lowest BCUT2D eigenvalue weighted by molar-refractivity contribution is 0.0931. The van der Waals surface area contributed by atoms with E-state index in [1.54, 1.807) is 42.5 Å². The number of rotatable bonds is 5. The fraction of sp³-hybridized carbons (Fsp3) is 0.130. The standard InChI is InChI=1S/C23H19ClN2O4S/c1-23(24)17(21(27)16-8-3-2-4-9-16)12-13-19(22(23)31(28,29)30)26-20-14-11-15-7-5-6-10-18(15)25-20/h2-14,17H,1H3,(H,25,26)(H,28,29,30). The first-order valence-electron chi connectivity index (χ1n) is 9.49. The average Bonchev–Trinajstić information content (AvgIpc) is 2.72. The molecule has 3 aromatic rings. The van der Waals surface area contributed by atoms with Crippen molar-refractivity contribution in [3.63, 3.8) is 0 Å². The average molecular weight is 455 g/mol. The van der Waals surface area contributed by atoms with E-state index in [0.717, 1.165) is 5.39 Å². The number of para-hydroxylation sites is 1. The second kappa shape index (κ2) is 7.92. The summed E-state index contributed by atoms with van der Waals surface area (Å²) in [6, 6.07) is 19.5. The van der Waals surface area contributed by atoms with Gasteiger partial charge in [-0.25, -0.2) is 4.98 Å². The lowest BCUT2D eigenvalue weighted by atomic mass is 9.82. The van der Waals surface area contributed by atoms with Crippen molar-refractivity contribution in [2.45, 2.75) is 11.8 Å². The molecule has 2 unspecified atom stereocenters. The summed E-state index contributed by atoms with van der Waals surface area (Å²) in [6.07, 6.45) is 2.98. The third-order valence-corrected chi connectivity index (χ3v) is 6.88. The van der Waals surface area contributed by atoms with E-state index in [1.807, 2.05) is 30.3 Å². The topological polar surface area (TPSA) is 96.4 Å². The number of nitrogens with one attached hydrogen (secondary N) is 1. The SMILES string of the molecule is CC1(Cl)C(S(=O)(=O)O)=C(Nc2ccc3ccccc3n2)C=CC1C(=O)c1ccccc1. The lowest BCUT2D eigenvalue weighted by Crippen LogP contribution is -2.41. The van der Waals surface area contributed by atoms with E-state index >= 15 is 0 Å². The van der Waals surface area contributed by atoms with E-state index in [-0.39, 0.29) is 11.5 Å². The van der Waals surface area contributed by atoms with Crippen LogP contribution >= 0.6 is 11.6 Å². The zero-order valence-corrected chi connectivity index (χ0v) is 18.1. The monoisotopic (exact) mass is 454 g/mol. The smallest absolute Gasteiger partial charge is 0.294 e. The first-order valence-corrected chi connectivity index (χ1v) is 11.3. The number of allylic oxidation sites excluding steroid dienone is 3. The van der Waals surface area contributed by atoms with Crippen LogP contribution in [0.5, 0.6) is 0 Å². The number of pyridine rings is 1. The number of benzene rings is 2. The number of fused-ring (bicyclic) bond motifs is 1. The van der Waals surface area contributed by atoms with E-state index in [9.17, 15) is 17.8 Å². The highest BCUT2D eigenvalue weighted by molar-refractivity contribution is 7.90. The van der Waals surface area contributed by atoms with Crippen LogP contribution in [0.4, 0.5) is 5.82 Å². The number of anilines is 1. The van der Waals surface area contributed by atoms with Crippen molar-refractivity contribution >= 4 is 44.2 Å². The van der Waals surface area contributed by atoms with Gasteiger partial charge in [0.15, 0.2) is 5.78 Å². The lowest BCUT2D eigenvalue weighted by Gasteiger charge is -2.34. The summed E-state index contributed by atoms with van der Waals surface area (Å²) in [5, 5.41) is 3.85. The summed E-state index contributed by atoms with van der Waals surface area (Å²) in [7, 11) is -4.74. The molecule has 2 atom stereocenters. The molecule has 31 heavy (non-hydrogen) atoms. The molecule has 0 saturated heterocycles. The highest BCUT2D eigenvalue weighted by atomic mass is 35.5. The molecular formula is C23H19ClN2O4S. The van der Waals surface area contributed by atoms with Gasteiger partial charge in [0.2, 0.25) is 0 Å². The van der Waals surface area contributed by atoms with Crippen molar-refractivity contribution in [3.05, 3.63) is 95.0 Å². The predicted molar refractivity (Wildman–Crippen MR) is 122 cm³/mol. The number of Topliss-reactive ketones (excluding diaryl/α,β-unsaturated/α-hetero) is 1. The minimum atomic E-state index is -4.74. The van der Waals surface area contributed by atoms with Gasteiger partial charge in [-0.1, -0.05) is 54.6 Å². The number of hydrogen-bond acceptors (Lipinski definition) is 5. The summed E-state index contributed by atoms with van der Waals surface area (Å²) in [4.78, 5) is 15.3. The molecule has 0 spiro atoms. The van der Waals surface area contributed by atoms with Gasteiger partial charge in [0.25, 0.3) is 10.1 Å². The van der Waals surface area contributed by atoms with Crippen LogP contribution in [-0.2, 0) is 10.1 Å². The minimum Gasteiger partial charge on any atom is -0.339 e. The van der Waals surface area contributed by atoms with Gasteiger partial charge in [-0.15, -0.1) is 11.6 Å². The van der Waals surface area contributed by atoms with Crippen LogP contribution in [0.25, 0.3) is 10.9 Å². The molecule has 0 saturated carbocycles. The third kappa shape index (κ3) is 4.12. The van der Waals surface area contributed by atoms with Gasteiger partial charge in [0, 0.05) is 10.9 Å². The Hall–Kier alpha value is -3.00. The number of alkyl halides is 1. The Morgan fingerprint density at radius 1 is 1.06 bits per heavy atom. The molecule has 0 radical (unpaired) electrons. The number of hydrogen-bond donors (Lipinski definition) is 2. The van der Waals surface area contributed by atoms with Crippen LogP contribution in [-0.4, -0.2) is 28.6 Å². The van der Waals surface area contributed by atoms with E-state index in [0.29, 0.717) is 16.9 Å². The fourth-order valence-corrected chi connectivity index (χ4v) is 5.33. The summed E-state index contributed by atoms with van der Waals surface area (Å²) in [5.41, 5.74) is 1.17. The molecule has 158 valence electrons. The first-order chi connectivity index (χ1) is 14.7. The maximum Gasteiger partial charge on any atom is 0.294 e. The van der Waals surface area contributed by atoms with Crippen LogP contribution in [0.1, 0.15) is 17.3 Å². The highest BCUT2D eigenvalue weighted by Crippen LogP contribution is 2.43. The molecular weight excluding hydrogens is 436 g/mol. The van der Waals surface area contributed by atoms with Gasteiger partial charge >= 0.3 is 0 Å². The quantitative estimate of drug-likeness (QED) is 0.326. The number of carbonyl (C=O) groups excluding carboxylic acids is 1.